The summed E-state index contributed by atoms with van der Waals surface area (Å²) in [6.45, 7) is 8.03. The molecule has 4 rings (SSSR count). The molecule has 13 heteroatoms. The number of rotatable bonds is 10. The summed E-state index contributed by atoms with van der Waals surface area (Å²) in [5.74, 6) is -1.96. The van der Waals surface area contributed by atoms with Crippen molar-refractivity contribution in [2.75, 3.05) is 55.1 Å². The molecule has 2 aromatic carbocycles. The molecule has 1 aliphatic heterocycles. The minimum Gasteiger partial charge on any atom is -0.494 e. The van der Waals surface area contributed by atoms with Crippen molar-refractivity contribution in [3.05, 3.63) is 60.4 Å². The number of nitrogens with zero attached hydrogens (tertiary/aromatic N) is 5. The van der Waals surface area contributed by atoms with Crippen molar-refractivity contribution >= 4 is 40.6 Å². The summed E-state index contributed by atoms with van der Waals surface area (Å²) in [6, 6.07) is 5.76. The third-order valence-electron chi connectivity index (χ3n) is 6.78. The molecule has 4 N–H and O–H groups in total. The Kier molecular flexibility index (Phi) is 8.69. The highest BCUT2D eigenvalue weighted by Crippen LogP contribution is 2.40. The van der Waals surface area contributed by atoms with Crippen LogP contribution in [0.3, 0.4) is 0 Å². The Morgan fingerprint density at radius 3 is 2.37 bits per heavy atom. The number of hydrogen-bond acceptors (Lipinski definition) is 10. The van der Waals surface area contributed by atoms with Crippen LogP contribution >= 0.6 is 0 Å². The Morgan fingerprint density at radius 1 is 1.12 bits per heavy atom. The summed E-state index contributed by atoms with van der Waals surface area (Å²) >= 11 is 0. The Morgan fingerprint density at radius 2 is 1.78 bits per heavy atom. The number of benzene rings is 2. The molecule has 1 fully saturated rings. The molecule has 1 atom stereocenters. The standard InChI is InChI=1S/C28H34F2N8O3/c1-7-25(39)33-21-12-22(24(41-6)13-23(21)38-9-8-16(14-38)37(4)5)35-27-32-15-31-26(36-27)34-20-11-19(30)18(29)10-17(20)28(2,3)40/h7,10-13,15-16,40H,1,8-9,14H2,2-6H3,(H,33,39)(H2,31,32,34,35,36)/t16-/m1/s1. The van der Waals surface area contributed by atoms with E-state index in [1.165, 1.54) is 33.4 Å². The van der Waals surface area contributed by atoms with Gasteiger partial charge >= 0.3 is 0 Å². The average Bonchev–Trinajstić information content (AvgIpc) is 3.41. The summed E-state index contributed by atoms with van der Waals surface area (Å²) in [4.78, 5) is 29.2. The van der Waals surface area contributed by atoms with Crippen molar-refractivity contribution in [1.29, 1.82) is 0 Å². The summed E-state index contributed by atoms with van der Waals surface area (Å²) in [7, 11) is 5.61. The van der Waals surface area contributed by atoms with E-state index < -0.39 is 17.2 Å². The number of carbonyl (C=O) groups is 1. The molecule has 0 spiro atoms. The number of hydrogen-bond donors (Lipinski definition) is 4. The molecule has 1 saturated heterocycles. The van der Waals surface area contributed by atoms with E-state index in [1.807, 2.05) is 20.2 Å². The quantitative estimate of drug-likeness (QED) is 0.265. The highest BCUT2D eigenvalue weighted by atomic mass is 19.2. The number of aliphatic hydroxyl groups is 1. The normalized spacial score (nSPS) is 15.1. The van der Waals surface area contributed by atoms with Crippen molar-refractivity contribution in [2.45, 2.75) is 31.9 Å². The van der Waals surface area contributed by atoms with Crippen molar-refractivity contribution < 1.29 is 23.4 Å². The molecule has 41 heavy (non-hydrogen) atoms. The first kappa shape index (κ1) is 29.6. The zero-order chi connectivity index (χ0) is 29.9. The van der Waals surface area contributed by atoms with Crippen LogP contribution in [0.1, 0.15) is 25.8 Å². The van der Waals surface area contributed by atoms with Crippen LogP contribution in [0.5, 0.6) is 5.75 Å². The van der Waals surface area contributed by atoms with E-state index in [0.29, 0.717) is 23.2 Å². The van der Waals surface area contributed by atoms with Crippen LogP contribution in [0.4, 0.5) is 43.4 Å². The Balaban J connectivity index is 1.66. The van der Waals surface area contributed by atoms with Crippen LogP contribution in [0.25, 0.3) is 0 Å². The lowest BCUT2D eigenvalue weighted by atomic mass is 9.96. The van der Waals surface area contributed by atoms with Crippen molar-refractivity contribution in [1.82, 2.24) is 19.9 Å². The zero-order valence-corrected chi connectivity index (χ0v) is 23.6. The first-order chi connectivity index (χ1) is 19.4. The van der Waals surface area contributed by atoms with Crippen molar-refractivity contribution in [2.24, 2.45) is 0 Å². The number of amides is 1. The number of carbonyl (C=O) groups excluding carboxylic acids is 1. The molecule has 218 valence electrons. The maximum absolute atomic E-state index is 14.0. The number of nitrogens with one attached hydrogen (secondary N) is 3. The van der Waals surface area contributed by atoms with Gasteiger partial charge in [-0.15, -0.1) is 0 Å². The van der Waals surface area contributed by atoms with Gasteiger partial charge in [0, 0.05) is 36.8 Å². The van der Waals surface area contributed by atoms with Gasteiger partial charge in [0.15, 0.2) is 11.6 Å². The molecule has 0 bridgehead atoms. The topological polar surface area (TPSA) is 128 Å². The first-order valence-corrected chi connectivity index (χ1v) is 12.9. The SMILES string of the molecule is C=CC(=O)Nc1cc(Nc2ncnc(Nc3cc(F)c(F)cc3C(C)(C)O)n2)c(OC)cc1N1CC[C@@H](N(C)C)C1. The second-order valence-electron chi connectivity index (χ2n) is 10.4. The van der Waals surface area contributed by atoms with E-state index in [1.54, 1.807) is 6.07 Å². The van der Waals surface area contributed by atoms with E-state index in [-0.39, 0.29) is 29.1 Å². The minimum atomic E-state index is -1.48. The van der Waals surface area contributed by atoms with Crippen LogP contribution in [-0.4, -0.2) is 71.2 Å². The average molecular weight is 569 g/mol. The fourth-order valence-electron chi connectivity index (χ4n) is 4.58. The van der Waals surface area contributed by atoms with E-state index in [9.17, 15) is 18.7 Å². The van der Waals surface area contributed by atoms with Gasteiger partial charge in [-0.05, 0) is 52.6 Å². The molecule has 1 aliphatic rings. The summed E-state index contributed by atoms with van der Waals surface area (Å²) < 4.78 is 33.6. The lowest BCUT2D eigenvalue weighted by Crippen LogP contribution is -2.31. The second kappa shape index (κ2) is 12.0. The highest BCUT2D eigenvalue weighted by molar-refractivity contribution is 6.02. The molecule has 1 aromatic heterocycles. The predicted molar refractivity (Wildman–Crippen MR) is 154 cm³/mol. The molecule has 0 aliphatic carbocycles. The van der Waals surface area contributed by atoms with E-state index >= 15 is 0 Å². The summed E-state index contributed by atoms with van der Waals surface area (Å²) in [5, 5.41) is 19.2. The monoisotopic (exact) mass is 568 g/mol. The van der Waals surface area contributed by atoms with Crippen LogP contribution < -0.4 is 25.6 Å². The first-order valence-electron chi connectivity index (χ1n) is 12.9. The van der Waals surface area contributed by atoms with Crippen molar-refractivity contribution in [3.8, 4) is 5.75 Å². The van der Waals surface area contributed by atoms with Crippen molar-refractivity contribution in [3.63, 3.8) is 0 Å². The lowest BCUT2D eigenvalue weighted by molar-refractivity contribution is -0.111. The third kappa shape index (κ3) is 6.87. The predicted octanol–water partition coefficient (Wildman–Crippen LogP) is 4.14. The van der Waals surface area contributed by atoms with Gasteiger partial charge in [-0.3, -0.25) is 4.79 Å². The molecule has 1 amide bonds. The highest BCUT2D eigenvalue weighted by Gasteiger charge is 2.27. The zero-order valence-electron chi connectivity index (χ0n) is 23.6. The molecule has 0 radical (unpaired) electrons. The molecule has 3 aromatic rings. The maximum atomic E-state index is 14.0. The van der Waals surface area contributed by atoms with Gasteiger partial charge in [0.1, 0.15) is 12.1 Å². The van der Waals surface area contributed by atoms with Crippen LogP contribution in [0, 0.1) is 11.6 Å². The minimum absolute atomic E-state index is 0.0153. The molecule has 0 saturated carbocycles. The van der Waals surface area contributed by atoms with Gasteiger partial charge in [-0.25, -0.2) is 18.7 Å². The van der Waals surface area contributed by atoms with Gasteiger partial charge in [-0.2, -0.15) is 4.98 Å². The fourth-order valence-corrected chi connectivity index (χ4v) is 4.58. The second-order valence-corrected chi connectivity index (χ2v) is 10.4. The Hall–Kier alpha value is -4.36. The van der Waals surface area contributed by atoms with Gasteiger partial charge in [-0.1, -0.05) is 6.58 Å². The van der Waals surface area contributed by atoms with E-state index in [4.69, 9.17) is 4.74 Å². The lowest BCUT2D eigenvalue weighted by Gasteiger charge is -2.25. The molecule has 2 heterocycles. The number of anilines is 6. The largest absolute Gasteiger partial charge is 0.494 e. The number of ether oxygens (including phenoxy) is 1. The van der Waals surface area contributed by atoms with Gasteiger partial charge in [0.05, 0.1) is 35.5 Å². The number of likely N-dealkylation sites (N-methyl/N-ethyl adjacent to an activating group) is 1. The number of methoxy groups -OCH3 is 1. The van der Waals surface area contributed by atoms with Crippen LogP contribution in [0.2, 0.25) is 0 Å². The molecular weight excluding hydrogens is 534 g/mol. The summed E-state index contributed by atoms with van der Waals surface area (Å²) in [6.07, 6.45) is 3.39. The molecule has 0 unspecified atom stereocenters. The fraction of sp³-hybridized carbons (Fsp3) is 0.357. The molecule has 11 nitrogen and oxygen atoms in total. The maximum Gasteiger partial charge on any atom is 0.247 e. The van der Waals surface area contributed by atoms with Crippen LogP contribution in [-0.2, 0) is 10.4 Å². The van der Waals surface area contributed by atoms with E-state index in [0.717, 1.165) is 37.3 Å². The Bertz CT molecular complexity index is 1440. The Labute approximate surface area is 237 Å². The summed E-state index contributed by atoms with van der Waals surface area (Å²) in [5.41, 5.74) is 0.523. The van der Waals surface area contributed by atoms with Gasteiger partial charge in [0.2, 0.25) is 17.8 Å². The number of aromatic nitrogens is 3. The van der Waals surface area contributed by atoms with Crippen LogP contribution in [0.15, 0.2) is 43.2 Å². The molecular formula is C28H34F2N8O3. The van der Waals surface area contributed by atoms with E-state index in [2.05, 4.69) is 47.3 Å². The number of halogens is 2. The smallest absolute Gasteiger partial charge is 0.247 e. The van der Waals surface area contributed by atoms with Gasteiger partial charge < -0.3 is 35.6 Å². The third-order valence-corrected chi connectivity index (χ3v) is 6.78. The van der Waals surface area contributed by atoms with Gasteiger partial charge in [0.25, 0.3) is 0 Å².